The topological polar surface area (TPSA) is 123 Å². The first-order valence-corrected chi connectivity index (χ1v) is 9.40. The van der Waals surface area contributed by atoms with Crippen LogP contribution in [0.2, 0.25) is 0 Å². The molecule has 5 N–H and O–H groups in total. The number of hydrogen-bond donors (Lipinski definition) is 4. The van der Waals surface area contributed by atoms with E-state index < -0.39 is 17.7 Å². The Hall–Kier alpha value is -2.61. The molecule has 1 rings (SSSR count). The van der Waals surface area contributed by atoms with Gasteiger partial charge in [-0.3, -0.25) is 9.59 Å². The summed E-state index contributed by atoms with van der Waals surface area (Å²) in [4.78, 5) is 35.6. The van der Waals surface area contributed by atoms with Crippen LogP contribution in [0.25, 0.3) is 0 Å². The molecule has 0 aliphatic rings. The molecule has 0 heterocycles. The number of nitrogens with one attached hydrogen (secondary N) is 3. The molecule has 0 aliphatic heterocycles. The molecule has 0 spiro atoms. The van der Waals surface area contributed by atoms with Gasteiger partial charge in [-0.15, -0.1) is 0 Å². The van der Waals surface area contributed by atoms with E-state index in [4.69, 9.17) is 10.5 Å². The first-order chi connectivity index (χ1) is 13.1. The maximum absolute atomic E-state index is 12.2. The summed E-state index contributed by atoms with van der Waals surface area (Å²) in [5, 5.41) is 8.18. The van der Waals surface area contributed by atoms with Gasteiger partial charge in [0.05, 0.1) is 12.1 Å². The van der Waals surface area contributed by atoms with Gasteiger partial charge in [0.25, 0.3) is 0 Å². The molecule has 0 unspecified atom stereocenters. The van der Waals surface area contributed by atoms with Gasteiger partial charge >= 0.3 is 6.09 Å². The number of hydrogen-bond acceptors (Lipinski definition) is 5. The zero-order chi connectivity index (χ0) is 21.2. The van der Waals surface area contributed by atoms with Gasteiger partial charge in [0.2, 0.25) is 11.8 Å². The van der Waals surface area contributed by atoms with Gasteiger partial charge in [-0.05, 0) is 39.7 Å². The minimum absolute atomic E-state index is 0.103. The number of carbonyl (C=O) groups excluding carboxylic acids is 3. The molecule has 0 aliphatic carbocycles. The third kappa shape index (κ3) is 10.5. The average molecular weight is 393 g/mol. The molecule has 8 heteroatoms. The molecular formula is C20H32N4O4. The fourth-order valence-corrected chi connectivity index (χ4v) is 2.35. The Labute approximate surface area is 166 Å². The van der Waals surface area contributed by atoms with Crippen LogP contribution in [0.3, 0.4) is 0 Å². The van der Waals surface area contributed by atoms with Crippen LogP contribution in [0.1, 0.15) is 39.7 Å². The molecule has 0 saturated heterocycles. The summed E-state index contributed by atoms with van der Waals surface area (Å²) in [5.74, 6) is -0.508. The minimum Gasteiger partial charge on any atom is -0.444 e. The SMILES string of the molecule is C[C@@H](N)C(=O)NC[C@H](Cc1ccccc1)NC(=O)CCNC(=O)OC(C)(C)C. The zero-order valence-electron chi connectivity index (χ0n) is 17.1. The van der Waals surface area contributed by atoms with Crippen LogP contribution in [0.4, 0.5) is 4.79 Å². The smallest absolute Gasteiger partial charge is 0.407 e. The van der Waals surface area contributed by atoms with Crippen molar-refractivity contribution in [3.8, 4) is 0 Å². The van der Waals surface area contributed by atoms with Crippen LogP contribution in [-0.2, 0) is 20.7 Å². The van der Waals surface area contributed by atoms with E-state index in [0.29, 0.717) is 6.42 Å². The number of amides is 3. The molecular weight excluding hydrogens is 360 g/mol. The number of ether oxygens (including phenoxy) is 1. The molecule has 0 saturated carbocycles. The van der Waals surface area contributed by atoms with E-state index in [1.807, 2.05) is 30.3 Å². The standard InChI is InChI=1S/C20H32N4O4/c1-14(21)18(26)23-13-16(12-15-8-6-5-7-9-15)24-17(25)10-11-22-19(27)28-20(2,3)4/h5-9,14,16H,10-13,21H2,1-4H3,(H,22,27)(H,23,26)(H,24,25)/t14-,16+/m1/s1. The summed E-state index contributed by atoms with van der Waals surface area (Å²) in [5.41, 5.74) is 6.01. The highest BCUT2D eigenvalue weighted by molar-refractivity contribution is 5.81. The Morgan fingerprint density at radius 3 is 2.32 bits per heavy atom. The van der Waals surface area contributed by atoms with Crippen molar-refractivity contribution in [1.82, 2.24) is 16.0 Å². The molecule has 2 atom stereocenters. The van der Waals surface area contributed by atoms with Gasteiger partial charge in [-0.1, -0.05) is 30.3 Å². The summed E-state index contributed by atoms with van der Waals surface area (Å²) in [6.07, 6.45) is 0.0993. The van der Waals surface area contributed by atoms with E-state index in [0.717, 1.165) is 5.56 Å². The Bertz CT molecular complexity index is 641. The Morgan fingerprint density at radius 2 is 1.75 bits per heavy atom. The fraction of sp³-hybridized carbons (Fsp3) is 0.550. The summed E-state index contributed by atoms with van der Waals surface area (Å²) >= 11 is 0. The largest absolute Gasteiger partial charge is 0.444 e. The second-order valence-electron chi connectivity index (χ2n) is 7.67. The quantitative estimate of drug-likeness (QED) is 0.501. The highest BCUT2D eigenvalue weighted by atomic mass is 16.6. The molecule has 1 aromatic carbocycles. The highest BCUT2D eigenvalue weighted by Gasteiger charge is 2.18. The number of alkyl carbamates (subject to hydrolysis) is 1. The normalized spacial score (nSPS) is 13.2. The number of carbonyl (C=O) groups is 3. The monoisotopic (exact) mass is 392 g/mol. The number of rotatable bonds is 9. The second-order valence-corrected chi connectivity index (χ2v) is 7.67. The van der Waals surface area contributed by atoms with Gasteiger partial charge in [0.1, 0.15) is 5.60 Å². The lowest BCUT2D eigenvalue weighted by Crippen LogP contribution is -2.48. The fourth-order valence-electron chi connectivity index (χ4n) is 2.35. The molecule has 3 amide bonds. The third-order valence-corrected chi connectivity index (χ3v) is 3.65. The Kier molecular flexibility index (Phi) is 9.44. The van der Waals surface area contributed by atoms with Crippen molar-refractivity contribution in [1.29, 1.82) is 0 Å². The van der Waals surface area contributed by atoms with E-state index in [2.05, 4.69) is 16.0 Å². The summed E-state index contributed by atoms with van der Waals surface area (Å²) in [7, 11) is 0. The number of benzene rings is 1. The van der Waals surface area contributed by atoms with E-state index in [9.17, 15) is 14.4 Å². The maximum atomic E-state index is 12.2. The van der Waals surface area contributed by atoms with Crippen molar-refractivity contribution < 1.29 is 19.1 Å². The van der Waals surface area contributed by atoms with Crippen LogP contribution >= 0.6 is 0 Å². The Morgan fingerprint density at radius 1 is 1.11 bits per heavy atom. The molecule has 28 heavy (non-hydrogen) atoms. The molecule has 1 aromatic rings. The first kappa shape index (κ1) is 23.4. The molecule has 0 bridgehead atoms. The van der Waals surface area contributed by atoms with E-state index in [-0.39, 0.29) is 37.4 Å². The van der Waals surface area contributed by atoms with E-state index >= 15 is 0 Å². The predicted octanol–water partition coefficient (Wildman–Crippen LogP) is 1.09. The first-order valence-electron chi connectivity index (χ1n) is 9.40. The second kappa shape index (κ2) is 11.3. The lowest BCUT2D eigenvalue weighted by atomic mass is 10.1. The summed E-state index contributed by atoms with van der Waals surface area (Å²) in [6.45, 7) is 7.33. The molecule has 156 valence electrons. The Balaban J connectivity index is 2.53. The average Bonchev–Trinajstić information content (AvgIpc) is 2.58. The van der Waals surface area contributed by atoms with Crippen LogP contribution in [0, 0.1) is 0 Å². The van der Waals surface area contributed by atoms with Crippen LogP contribution in [0.5, 0.6) is 0 Å². The lowest BCUT2D eigenvalue weighted by molar-refractivity contribution is -0.124. The van der Waals surface area contributed by atoms with Gasteiger partial charge in [-0.25, -0.2) is 4.79 Å². The lowest BCUT2D eigenvalue weighted by Gasteiger charge is -2.21. The molecule has 0 fully saturated rings. The van der Waals surface area contributed by atoms with Crippen molar-refractivity contribution >= 4 is 17.9 Å². The number of nitrogens with two attached hydrogens (primary N) is 1. The van der Waals surface area contributed by atoms with Crippen molar-refractivity contribution in [2.45, 2.75) is 58.2 Å². The van der Waals surface area contributed by atoms with Crippen LogP contribution < -0.4 is 21.7 Å². The molecule has 8 nitrogen and oxygen atoms in total. The maximum Gasteiger partial charge on any atom is 0.407 e. The zero-order valence-corrected chi connectivity index (χ0v) is 17.1. The highest BCUT2D eigenvalue weighted by Crippen LogP contribution is 2.06. The molecule has 0 aromatic heterocycles. The van der Waals surface area contributed by atoms with Gasteiger partial charge in [0, 0.05) is 19.5 Å². The van der Waals surface area contributed by atoms with E-state index in [1.54, 1.807) is 27.7 Å². The minimum atomic E-state index is -0.619. The van der Waals surface area contributed by atoms with E-state index in [1.165, 1.54) is 0 Å². The van der Waals surface area contributed by atoms with Gasteiger partial charge < -0.3 is 26.4 Å². The molecule has 0 radical (unpaired) electrons. The van der Waals surface area contributed by atoms with Crippen LogP contribution in [-0.4, -0.2) is 48.7 Å². The third-order valence-electron chi connectivity index (χ3n) is 3.65. The van der Waals surface area contributed by atoms with Gasteiger partial charge in [0.15, 0.2) is 0 Å². The van der Waals surface area contributed by atoms with Crippen molar-refractivity contribution in [3.05, 3.63) is 35.9 Å². The predicted molar refractivity (Wildman–Crippen MR) is 108 cm³/mol. The van der Waals surface area contributed by atoms with Gasteiger partial charge in [-0.2, -0.15) is 0 Å². The van der Waals surface area contributed by atoms with Crippen LogP contribution in [0.15, 0.2) is 30.3 Å². The summed E-state index contributed by atoms with van der Waals surface area (Å²) < 4.78 is 5.13. The van der Waals surface area contributed by atoms with Crippen molar-refractivity contribution in [2.75, 3.05) is 13.1 Å². The van der Waals surface area contributed by atoms with Crippen molar-refractivity contribution in [2.24, 2.45) is 5.73 Å². The summed E-state index contributed by atoms with van der Waals surface area (Å²) in [6, 6.07) is 8.74. The van der Waals surface area contributed by atoms with Crippen molar-refractivity contribution in [3.63, 3.8) is 0 Å².